The summed E-state index contributed by atoms with van der Waals surface area (Å²) in [5, 5.41) is 9.16. The highest BCUT2D eigenvalue weighted by Crippen LogP contribution is 2.25. The first kappa shape index (κ1) is 29.8. The molecule has 3 aromatic carbocycles. The third kappa shape index (κ3) is 7.77. The van der Waals surface area contributed by atoms with Crippen LogP contribution in [0.2, 0.25) is 0 Å². The van der Waals surface area contributed by atoms with Crippen LogP contribution in [0, 0.1) is 6.92 Å². The minimum atomic E-state index is -4.74. The Morgan fingerprint density at radius 3 is 2.49 bits per heavy atom. The number of aromatic nitrogens is 4. The van der Waals surface area contributed by atoms with Gasteiger partial charge in [-0.15, -0.1) is 24.5 Å². The lowest BCUT2D eigenvalue weighted by Gasteiger charge is -2.14. The minimum Gasteiger partial charge on any atom is -0.406 e. The molecule has 0 aliphatic heterocycles. The van der Waals surface area contributed by atoms with Crippen LogP contribution in [0.15, 0.2) is 89.6 Å². The molecule has 0 aliphatic carbocycles. The first-order valence-electron chi connectivity index (χ1n) is 13.5. The van der Waals surface area contributed by atoms with Crippen LogP contribution in [0.25, 0.3) is 11.4 Å². The van der Waals surface area contributed by atoms with E-state index in [0.29, 0.717) is 40.8 Å². The normalized spacial score (nSPS) is 12.1. The number of benzene rings is 3. The lowest BCUT2D eigenvalue weighted by atomic mass is 9.99. The molecule has 2 amide bonds. The zero-order chi connectivity index (χ0) is 30.6. The number of carbonyl (C=O) groups is 1. The molecule has 2 heterocycles. The smallest absolute Gasteiger partial charge is 0.406 e. The molecule has 0 atom stereocenters. The van der Waals surface area contributed by atoms with E-state index >= 15 is 0 Å². The summed E-state index contributed by atoms with van der Waals surface area (Å²) in [6.07, 6.45) is -0.0948. The monoisotopic (exact) mass is 606 g/mol. The van der Waals surface area contributed by atoms with Crippen LogP contribution >= 0.6 is 11.3 Å². The number of alkyl halides is 3. The van der Waals surface area contributed by atoms with Crippen molar-refractivity contribution in [3.8, 4) is 17.1 Å². The summed E-state index contributed by atoms with van der Waals surface area (Å²) in [6.45, 7) is 6.32. The third-order valence-corrected chi connectivity index (χ3v) is 7.33. The van der Waals surface area contributed by atoms with E-state index in [4.69, 9.17) is 0 Å². The van der Waals surface area contributed by atoms with Gasteiger partial charge in [0, 0.05) is 23.7 Å². The molecular weight excluding hydrogens is 577 g/mol. The number of nitrogens with zero attached hydrogens (tertiary/aromatic N) is 5. The van der Waals surface area contributed by atoms with Crippen molar-refractivity contribution in [2.75, 3.05) is 5.32 Å². The molecule has 0 saturated carbocycles. The van der Waals surface area contributed by atoms with Crippen LogP contribution in [0.3, 0.4) is 0 Å². The van der Waals surface area contributed by atoms with Gasteiger partial charge in [-0.3, -0.25) is 4.57 Å². The second-order valence-corrected chi connectivity index (χ2v) is 11.0. The van der Waals surface area contributed by atoms with Gasteiger partial charge in [-0.05, 0) is 78.4 Å². The summed E-state index contributed by atoms with van der Waals surface area (Å²) >= 11 is 1.39. The van der Waals surface area contributed by atoms with Gasteiger partial charge in [0.25, 0.3) is 0 Å². The second-order valence-electron chi connectivity index (χ2n) is 10.2. The van der Waals surface area contributed by atoms with E-state index < -0.39 is 12.4 Å². The number of aryl methyl sites for hydroxylation is 3. The van der Waals surface area contributed by atoms with Gasteiger partial charge >= 0.3 is 12.4 Å². The highest BCUT2D eigenvalue weighted by Gasteiger charge is 2.31. The van der Waals surface area contributed by atoms with Crippen molar-refractivity contribution in [3.05, 3.63) is 112 Å². The fraction of sp³-hybridized carbons (Fsp3) is 0.226. The Balaban J connectivity index is 1.19. The summed E-state index contributed by atoms with van der Waals surface area (Å²) in [5.41, 5.74) is 5.53. The van der Waals surface area contributed by atoms with Crippen molar-refractivity contribution in [1.29, 1.82) is 0 Å². The van der Waals surface area contributed by atoms with E-state index in [1.165, 1.54) is 52.2 Å². The molecule has 0 spiro atoms. The highest BCUT2D eigenvalue weighted by atomic mass is 32.1. The van der Waals surface area contributed by atoms with Crippen molar-refractivity contribution in [2.24, 2.45) is 4.99 Å². The molecule has 12 heteroatoms. The Hall–Kier alpha value is -4.71. The highest BCUT2D eigenvalue weighted by molar-refractivity contribution is 7.07. The Bertz CT molecular complexity index is 1770. The van der Waals surface area contributed by atoms with Crippen molar-refractivity contribution in [2.45, 2.75) is 45.9 Å². The van der Waals surface area contributed by atoms with E-state index in [-0.39, 0.29) is 5.75 Å². The minimum absolute atomic E-state index is 0.303. The summed E-state index contributed by atoms with van der Waals surface area (Å²) in [7, 11) is 0. The number of amides is 2. The van der Waals surface area contributed by atoms with Gasteiger partial charge < -0.3 is 10.1 Å². The zero-order valence-corrected chi connectivity index (χ0v) is 24.5. The Morgan fingerprint density at radius 1 is 1.05 bits per heavy atom. The van der Waals surface area contributed by atoms with Crippen molar-refractivity contribution < 1.29 is 22.7 Å². The van der Waals surface area contributed by atoms with Crippen LogP contribution < -0.4 is 14.9 Å². The number of thiazole rings is 1. The summed E-state index contributed by atoms with van der Waals surface area (Å²) in [5.74, 6) is 0.602. The van der Waals surface area contributed by atoms with Crippen LogP contribution in [-0.4, -0.2) is 31.7 Å². The number of ether oxygens (including phenoxy) is 1. The Labute approximate surface area is 250 Å². The average Bonchev–Trinajstić information content (AvgIpc) is 3.62. The molecule has 0 bridgehead atoms. The molecule has 0 radical (unpaired) electrons. The van der Waals surface area contributed by atoms with Gasteiger partial charge in [-0.25, -0.2) is 14.5 Å². The summed E-state index contributed by atoms with van der Waals surface area (Å²) < 4.78 is 44.5. The molecule has 5 rings (SSSR count). The molecule has 43 heavy (non-hydrogen) atoms. The molecule has 0 unspecified atom stereocenters. The number of urea groups is 1. The molecule has 1 N–H and O–H groups in total. The fourth-order valence-corrected chi connectivity index (χ4v) is 5.19. The predicted molar refractivity (Wildman–Crippen MR) is 159 cm³/mol. The Kier molecular flexibility index (Phi) is 8.76. The topological polar surface area (TPSA) is 86.3 Å². The standard InChI is InChI=1S/C31H29F3N6O2S/c1-20(2)26-14-4-21(3)18-27(26)39-16-17-43-30(39)37-29(41)36-23-8-5-22(6-9-23)7-15-28-35-19-40(38-28)24-10-12-25(13-11-24)42-31(32,33)34/h4-6,8-14,16-20H,7,15H2,1-3H3,(H,36,41). The van der Waals surface area contributed by atoms with Gasteiger partial charge in [-0.2, -0.15) is 10.1 Å². The maximum absolute atomic E-state index is 12.8. The Morgan fingerprint density at radius 2 is 1.79 bits per heavy atom. The van der Waals surface area contributed by atoms with Crippen molar-refractivity contribution in [3.63, 3.8) is 0 Å². The van der Waals surface area contributed by atoms with Crippen molar-refractivity contribution >= 4 is 23.1 Å². The van der Waals surface area contributed by atoms with Crippen LogP contribution in [0.1, 0.15) is 42.3 Å². The molecule has 2 aromatic heterocycles. The van der Waals surface area contributed by atoms with Crippen LogP contribution in [0.5, 0.6) is 5.75 Å². The zero-order valence-electron chi connectivity index (χ0n) is 23.7. The van der Waals surface area contributed by atoms with Crippen molar-refractivity contribution in [1.82, 2.24) is 19.3 Å². The first-order valence-corrected chi connectivity index (χ1v) is 14.4. The number of nitrogens with one attached hydrogen (secondary N) is 1. The molecular formula is C31H29F3N6O2S. The van der Waals surface area contributed by atoms with Crippen LogP contribution in [0.4, 0.5) is 23.7 Å². The van der Waals surface area contributed by atoms with Gasteiger partial charge in [0.1, 0.15) is 12.1 Å². The first-order chi connectivity index (χ1) is 20.5. The number of carbonyl (C=O) groups excluding carboxylic acids is 1. The van der Waals surface area contributed by atoms with E-state index in [2.05, 4.69) is 57.2 Å². The summed E-state index contributed by atoms with van der Waals surface area (Å²) in [6, 6.07) is 18.7. The molecule has 222 valence electrons. The molecule has 5 aromatic rings. The number of hydrogen-bond donors (Lipinski definition) is 1. The lowest BCUT2D eigenvalue weighted by Crippen LogP contribution is -2.18. The van der Waals surface area contributed by atoms with Crippen LogP contribution in [-0.2, 0) is 12.8 Å². The number of anilines is 1. The SMILES string of the molecule is Cc1ccc(C(C)C)c(-n2ccsc2=NC(=O)Nc2ccc(CCc3ncn(-c4ccc(OC(F)(F)F)cc4)n3)cc2)c1. The molecule has 0 aliphatic rings. The maximum atomic E-state index is 12.8. The van der Waals surface area contributed by atoms with E-state index in [1.807, 2.05) is 47.3 Å². The lowest BCUT2D eigenvalue weighted by molar-refractivity contribution is -0.274. The average molecular weight is 607 g/mol. The van der Waals surface area contributed by atoms with E-state index in [0.717, 1.165) is 16.8 Å². The van der Waals surface area contributed by atoms with E-state index in [9.17, 15) is 18.0 Å². The summed E-state index contributed by atoms with van der Waals surface area (Å²) in [4.78, 5) is 22.0. The molecule has 0 fully saturated rings. The van der Waals surface area contributed by atoms with Gasteiger partial charge in [0.2, 0.25) is 0 Å². The fourth-order valence-electron chi connectivity index (χ4n) is 4.47. The van der Waals surface area contributed by atoms with Gasteiger partial charge in [-0.1, -0.05) is 38.1 Å². The van der Waals surface area contributed by atoms with E-state index in [1.54, 1.807) is 0 Å². The quantitative estimate of drug-likeness (QED) is 0.200. The third-order valence-electron chi connectivity index (χ3n) is 6.57. The largest absolute Gasteiger partial charge is 0.573 e. The molecule has 8 nitrogen and oxygen atoms in total. The molecule has 0 saturated heterocycles. The maximum Gasteiger partial charge on any atom is 0.573 e. The second kappa shape index (κ2) is 12.7. The number of hydrogen-bond acceptors (Lipinski definition) is 5. The van der Waals surface area contributed by atoms with Gasteiger partial charge in [0.15, 0.2) is 10.6 Å². The van der Waals surface area contributed by atoms with Gasteiger partial charge in [0.05, 0.1) is 11.4 Å². The number of halogens is 3. The predicted octanol–water partition coefficient (Wildman–Crippen LogP) is 7.37. The number of rotatable bonds is 8.